The minimum atomic E-state index is -0.0237. The van der Waals surface area contributed by atoms with Gasteiger partial charge in [0.2, 0.25) is 5.13 Å². The van der Waals surface area contributed by atoms with Gasteiger partial charge in [0, 0.05) is 16.6 Å². The number of fused-ring (bicyclic) bond motifs is 1. The van der Waals surface area contributed by atoms with Crippen molar-refractivity contribution in [3.05, 3.63) is 60.1 Å². The van der Waals surface area contributed by atoms with E-state index in [0.29, 0.717) is 17.2 Å². The third-order valence-corrected chi connectivity index (χ3v) is 4.44. The van der Waals surface area contributed by atoms with Crippen molar-refractivity contribution in [1.82, 2.24) is 10.4 Å². The summed E-state index contributed by atoms with van der Waals surface area (Å²) < 4.78 is 0. The molecule has 0 spiro atoms. The third kappa shape index (κ3) is 2.16. The van der Waals surface area contributed by atoms with E-state index in [4.69, 9.17) is 0 Å². The maximum Gasteiger partial charge on any atom is 0.253 e. The van der Waals surface area contributed by atoms with E-state index < -0.39 is 0 Å². The summed E-state index contributed by atoms with van der Waals surface area (Å²) in [5.74, 6) is -0.0237. The fourth-order valence-corrected chi connectivity index (χ4v) is 3.33. The Labute approximate surface area is 131 Å². The van der Waals surface area contributed by atoms with Crippen molar-refractivity contribution in [2.75, 3.05) is 5.01 Å². The highest BCUT2D eigenvalue weighted by molar-refractivity contribution is 7.14. The fourth-order valence-electron chi connectivity index (χ4n) is 2.52. The van der Waals surface area contributed by atoms with Gasteiger partial charge >= 0.3 is 0 Å². The molecule has 4 nitrogen and oxygen atoms in total. The lowest BCUT2D eigenvalue weighted by molar-refractivity contribution is -0.117. The zero-order valence-electron chi connectivity index (χ0n) is 11.7. The van der Waals surface area contributed by atoms with E-state index in [1.165, 1.54) is 27.1 Å². The molecule has 2 aromatic carbocycles. The Morgan fingerprint density at radius 1 is 1.18 bits per heavy atom. The summed E-state index contributed by atoms with van der Waals surface area (Å²) in [6, 6.07) is 14.5. The summed E-state index contributed by atoms with van der Waals surface area (Å²) in [7, 11) is 0. The Bertz CT molecular complexity index is 900. The molecule has 1 saturated heterocycles. The summed E-state index contributed by atoms with van der Waals surface area (Å²) >= 11 is 1.44. The van der Waals surface area contributed by atoms with Gasteiger partial charge in [-0.1, -0.05) is 43.0 Å². The maximum atomic E-state index is 11.9. The second kappa shape index (κ2) is 4.96. The van der Waals surface area contributed by atoms with Crippen LogP contribution in [0.4, 0.5) is 5.13 Å². The van der Waals surface area contributed by atoms with Gasteiger partial charge in [0.05, 0.1) is 12.1 Å². The first-order valence-corrected chi connectivity index (χ1v) is 7.81. The van der Waals surface area contributed by atoms with Gasteiger partial charge in [-0.3, -0.25) is 10.2 Å². The van der Waals surface area contributed by atoms with E-state index in [2.05, 4.69) is 47.3 Å². The number of thiazole rings is 1. The SMILES string of the molecule is C=C1CC(=O)N(c2nc(-c3ccc4ccccc4c3)cs2)N1. The molecule has 0 unspecified atom stereocenters. The Kier molecular flexibility index (Phi) is 2.94. The normalized spacial score (nSPS) is 14.6. The molecule has 0 aliphatic carbocycles. The highest BCUT2D eigenvalue weighted by atomic mass is 32.1. The second-order valence-corrected chi connectivity index (χ2v) is 6.04. The number of carbonyl (C=O) groups is 1. The van der Waals surface area contributed by atoms with E-state index in [-0.39, 0.29) is 5.91 Å². The molecule has 2 heterocycles. The maximum absolute atomic E-state index is 11.9. The monoisotopic (exact) mass is 307 g/mol. The topological polar surface area (TPSA) is 45.2 Å². The molecule has 108 valence electrons. The number of nitrogens with zero attached hydrogens (tertiary/aromatic N) is 2. The van der Waals surface area contributed by atoms with Crippen molar-refractivity contribution < 1.29 is 4.79 Å². The first kappa shape index (κ1) is 13.0. The van der Waals surface area contributed by atoms with Crippen molar-refractivity contribution >= 4 is 33.1 Å². The molecule has 4 rings (SSSR count). The van der Waals surface area contributed by atoms with Crippen LogP contribution in [0.15, 0.2) is 60.1 Å². The number of carbonyl (C=O) groups excluding carboxylic acids is 1. The first-order chi connectivity index (χ1) is 10.7. The van der Waals surface area contributed by atoms with E-state index in [9.17, 15) is 4.79 Å². The van der Waals surface area contributed by atoms with Gasteiger partial charge in [-0.15, -0.1) is 11.3 Å². The predicted octanol–water partition coefficient (Wildman–Crippen LogP) is 3.72. The summed E-state index contributed by atoms with van der Waals surface area (Å²) in [5.41, 5.74) is 5.57. The van der Waals surface area contributed by atoms with Crippen molar-refractivity contribution in [1.29, 1.82) is 0 Å². The van der Waals surface area contributed by atoms with Crippen molar-refractivity contribution in [2.24, 2.45) is 0 Å². The van der Waals surface area contributed by atoms with Crippen molar-refractivity contribution in [3.8, 4) is 11.3 Å². The van der Waals surface area contributed by atoms with Crippen LogP contribution in [0.2, 0.25) is 0 Å². The summed E-state index contributed by atoms with van der Waals surface area (Å²) in [6.45, 7) is 3.78. The van der Waals surface area contributed by atoms with Crippen LogP contribution in [0.25, 0.3) is 22.0 Å². The number of rotatable bonds is 2. The van der Waals surface area contributed by atoms with Gasteiger partial charge < -0.3 is 0 Å². The predicted molar refractivity (Wildman–Crippen MR) is 89.4 cm³/mol. The zero-order valence-corrected chi connectivity index (χ0v) is 12.6. The van der Waals surface area contributed by atoms with Gasteiger partial charge in [-0.2, -0.15) is 5.01 Å². The lowest BCUT2D eigenvalue weighted by Gasteiger charge is -2.11. The molecule has 1 aliphatic heterocycles. The van der Waals surface area contributed by atoms with Crippen LogP contribution in [0.3, 0.4) is 0 Å². The van der Waals surface area contributed by atoms with Gasteiger partial charge in [0.15, 0.2) is 0 Å². The van der Waals surface area contributed by atoms with E-state index >= 15 is 0 Å². The molecule has 0 atom stereocenters. The molecule has 0 radical (unpaired) electrons. The fraction of sp³-hybridized carbons (Fsp3) is 0.0588. The van der Waals surface area contributed by atoms with Crippen LogP contribution in [0, 0.1) is 0 Å². The Balaban J connectivity index is 1.70. The molecule has 5 heteroatoms. The quantitative estimate of drug-likeness (QED) is 0.785. The third-order valence-electron chi connectivity index (χ3n) is 3.61. The average Bonchev–Trinajstić information content (AvgIpc) is 3.13. The number of aromatic nitrogens is 1. The Morgan fingerprint density at radius 2 is 2.00 bits per heavy atom. The highest BCUT2D eigenvalue weighted by Crippen LogP contribution is 2.30. The van der Waals surface area contributed by atoms with Gasteiger partial charge in [-0.05, 0) is 16.8 Å². The van der Waals surface area contributed by atoms with Crippen LogP contribution in [-0.2, 0) is 4.79 Å². The lowest BCUT2D eigenvalue weighted by Crippen LogP contribution is -2.33. The summed E-state index contributed by atoms with van der Waals surface area (Å²) in [5, 5.41) is 6.46. The highest BCUT2D eigenvalue weighted by Gasteiger charge is 2.26. The van der Waals surface area contributed by atoms with Crippen LogP contribution in [-0.4, -0.2) is 10.9 Å². The molecule has 1 aromatic heterocycles. The van der Waals surface area contributed by atoms with Crippen LogP contribution < -0.4 is 10.4 Å². The summed E-state index contributed by atoms with van der Waals surface area (Å²) in [6.07, 6.45) is 0.324. The number of amides is 1. The Hall–Kier alpha value is -2.66. The van der Waals surface area contributed by atoms with Crippen LogP contribution in [0.5, 0.6) is 0 Å². The molecule has 1 N–H and O–H groups in total. The van der Waals surface area contributed by atoms with E-state index in [0.717, 1.165) is 11.3 Å². The number of hydrogen-bond donors (Lipinski definition) is 1. The number of benzene rings is 2. The lowest BCUT2D eigenvalue weighted by atomic mass is 10.1. The van der Waals surface area contributed by atoms with Gasteiger partial charge in [-0.25, -0.2) is 4.98 Å². The largest absolute Gasteiger partial charge is 0.293 e. The van der Waals surface area contributed by atoms with Gasteiger partial charge in [0.25, 0.3) is 5.91 Å². The standard InChI is InChI=1S/C17H13N3OS/c1-11-8-16(21)20(19-11)17-18-15(10-22-17)14-7-6-12-4-2-3-5-13(12)9-14/h2-7,9-10,19H,1,8H2. The molecule has 1 fully saturated rings. The Morgan fingerprint density at radius 3 is 2.77 bits per heavy atom. The zero-order chi connectivity index (χ0) is 15.1. The minimum Gasteiger partial charge on any atom is -0.293 e. The summed E-state index contributed by atoms with van der Waals surface area (Å²) in [4.78, 5) is 16.4. The van der Waals surface area contributed by atoms with Gasteiger partial charge in [0.1, 0.15) is 0 Å². The second-order valence-electron chi connectivity index (χ2n) is 5.20. The van der Waals surface area contributed by atoms with Crippen molar-refractivity contribution in [2.45, 2.75) is 6.42 Å². The molecular formula is C17H13N3OS. The molecule has 0 bridgehead atoms. The number of hydrogen-bond acceptors (Lipinski definition) is 4. The van der Waals surface area contributed by atoms with Crippen molar-refractivity contribution in [3.63, 3.8) is 0 Å². The molecule has 1 aliphatic rings. The molecular weight excluding hydrogens is 294 g/mol. The van der Waals surface area contributed by atoms with Crippen LogP contribution in [0.1, 0.15) is 6.42 Å². The minimum absolute atomic E-state index is 0.0237. The van der Waals surface area contributed by atoms with E-state index in [1.54, 1.807) is 0 Å². The van der Waals surface area contributed by atoms with E-state index in [1.807, 2.05) is 17.5 Å². The number of nitrogens with one attached hydrogen (secondary N) is 1. The van der Waals surface area contributed by atoms with Crippen LogP contribution >= 0.6 is 11.3 Å². The molecule has 1 amide bonds. The molecule has 0 saturated carbocycles. The molecule has 22 heavy (non-hydrogen) atoms. The first-order valence-electron chi connectivity index (χ1n) is 6.93. The molecule has 3 aromatic rings. The smallest absolute Gasteiger partial charge is 0.253 e. The number of anilines is 1. The average molecular weight is 307 g/mol. The number of hydrazine groups is 1.